The van der Waals surface area contributed by atoms with Crippen LogP contribution in [-0.4, -0.2) is 31.9 Å². The number of rotatable bonds is 6. The van der Waals surface area contributed by atoms with Gasteiger partial charge in [0.1, 0.15) is 5.70 Å². The van der Waals surface area contributed by atoms with E-state index < -0.39 is 17.7 Å². The summed E-state index contributed by atoms with van der Waals surface area (Å²) in [5.74, 6) is -4.08. The van der Waals surface area contributed by atoms with Crippen LogP contribution in [0, 0.1) is 0 Å². The average molecular weight is 317 g/mol. The van der Waals surface area contributed by atoms with Gasteiger partial charge < -0.3 is 14.8 Å². The number of alkyl halides is 2. The van der Waals surface area contributed by atoms with E-state index in [2.05, 4.69) is 14.8 Å². The molecule has 0 aliphatic heterocycles. The summed E-state index contributed by atoms with van der Waals surface area (Å²) in [4.78, 5) is 23.1. The number of hydrogen-bond donors (Lipinski definition) is 1. The van der Waals surface area contributed by atoms with Crippen molar-refractivity contribution in [3.8, 4) is 0 Å². The minimum atomic E-state index is -2.55. The molecule has 0 fully saturated rings. The van der Waals surface area contributed by atoms with Gasteiger partial charge in [-0.15, -0.1) is 0 Å². The van der Waals surface area contributed by atoms with E-state index in [1.54, 1.807) is 12.1 Å². The predicted octanol–water partition coefficient (Wildman–Crippen LogP) is 2.64. The van der Waals surface area contributed by atoms with Gasteiger partial charge in [0.2, 0.25) is 0 Å². The Morgan fingerprint density at radius 3 is 2.57 bits per heavy atom. The van der Waals surface area contributed by atoms with E-state index in [-0.39, 0.29) is 5.70 Å². The molecule has 114 valence electrons. The predicted molar refractivity (Wildman–Crippen MR) is 74.0 cm³/mol. The normalized spacial score (nSPS) is 11.2. The highest BCUT2D eigenvalue weighted by atomic mass is 32.2. The van der Waals surface area contributed by atoms with Gasteiger partial charge in [0.15, 0.2) is 0 Å². The van der Waals surface area contributed by atoms with Crippen molar-refractivity contribution in [2.75, 3.05) is 19.5 Å². The minimum Gasteiger partial charge on any atom is -0.466 e. The van der Waals surface area contributed by atoms with E-state index in [9.17, 15) is 18.4 Å². The van der Waals surface area contributed by atoms with Crippen LogP contribution in [0.4, 0.5) is 14.5 Å². The number of benzene rings is 1. The molecule has 1 N–H and O–H groups in total. The summed E-state index contributed by atoms with van der Waals surface area (Å²) in [5.41, 5.74) is 0.199. The number of esters is 2. The van der Waals surface area contributed by atoms with Crippen molar-refractivity contribution in [1.29, 1.82) is 0 Å². The molecule has 0 saturated heterocycles. The second-order valence-corrected chi connectivity index (χ2v) is 4.67. The Kier molecular flexibility index (Phi) is 6.67. The first kappa shape index (κ1) is 17.0. The Morgan fingerprint density at radius 1 is 1.29 bits per heavy atom. The highest BCUT2D eigenvalue weighted by Gasteiger charge is 2.13. The van der Waals surface area contributed by atoms with Crippen LogP contribution in [0.3, 0.4) is 0 Å². The number of nitrogens with one attached hydrogen (secondary N) is 1. The molecule has 0 saturated carbocycles. The third-order valence-corrected chi connectivity index (χ3v) is 2.91. The zero-order valence-corrected chi connectivity index (χ0v) is 12.1. The lowest BCUT2D eigenvalue weighted by Gasteiger charge is -2.10. The Hall–Kier alpha value is -2.09. The monoisotopic (exact) mass is 317 g/mol. The Bertz CT molecular complexity index is 549. The van der Waals surface area contributed by atoms with Crippen LogP contribution in [-0.2, 0) is 19.1 Å². The maximum absolute atomic E-state index is 12.3. The van der Waals surface area contributed by atoms with Gasteiger partial charge in [-0.05, 0) is 18.2 Å². The molecule has 0 heterocycles. The lowest BCUT2D eigenvalue weighted by molar-refractivity contribution is -0.138. The number of anilines is 1. The molecule has 0 unspecified atom stereocenters. The molecule has 5 nitrogen and oxygen atoms in total. The van der Waals surface area contributed by atoms with E-state index in [1.165, 1.54) is 12.1 Å². The van der Waals surface area contributed by atoms with Gasteiger partial charge in [-0.25, -0.2) is 9.59 Å². The van der Waals surface area contributed by atoms with Crippen LogP contribution < -0.4 is 5.32 Å². The van der Waals surface area contributed by atoms with Crippen LogP contribution in [0.1, 0.15) is 0 Å². The van der Waals surface area contributed by atoms with Gasteiger partial charge in [0, 0.05) is 10.6 Å². The lowest BCUT2D eigenvalue weighted by atomic mass is 10.3. The molecule has 0 spiro atoms. The fraction of sp³-hybridized carbons (Fsp3) is 0.231. The molecule has 0 bridgehead atoms. The second kappa shape index (κ2) is 8.25. The standard InChI is InChI=1S/C13H13F2NO4S/c1-19-11(17)7-10(12(18)20-2)16-8-4-3-5-9(6-8)21-13(14)15/h3-7,13,16H,1-2H3/b10-7+. The Labute approximate surface area is 124 Å². The third kappa shape index (κ3) is 5.82. The molecule has 8 heteroatoms. The van der Waals surface area contributed by atoms with Gasteiger partial charge in [-0.3, -0.25) is 0 Å². The van der Waals surface area contributed by atoms with Crippen molar-refractivity contribution in [3.05, 3.63) is 36.0 Å². The minimum absolute atomic E-state index is 0.163. The second-order valence-electron chi connectivity index (χ2n) is 3.60. The molecule has 0 radical (unpaired) electrons. The molecule has 1 aromatic carbocycles. The summed E-state index contributed by atoms with van der Waals surface area (Å²) in [5, 5.41) is 2.64. The van der Waals surface area contributed by atoms with Crippen molar-refractivity contribution in [3.63, 3.8) is 0 Å². The highest BCUT2D eigenvalue weighted by Crippen LogP contribution is 2.27. The first-order valence-electron chi connectivity index (χ1n) is 5.66. The average Bonchev–Trinajstić information content (AvgIpc) is 2.45. The van der Waals surface area contributed by atoms with Crippen molar-refractivity contribution < 1.29 is 27.8 Å². The molecule has 1 aromatic rings. The van der Waals surface area contributed by atoms with Crippen LogP contribution in [0.5, 0.6) is 0 Å². The largest absolute Gasteiger partial charge is 0.466 e. The first-order valence-corrected chi connectivity index (χ1v) is 6.54. The van der Waals surface area contributed by atoms with E-state index in [4.69, 9.17) is 0 Å². The topological polar surface area (TPSA) is 64.6 Å². The van der Waals surface area contributed by atoms with Crippen LogP contribution in [0.2, 0.25) is 0 Å². The van der Waals surface area contributed by atoms with Crippen LogP contribution >= 0.6 is 11.8 Å². The zero-order valence-electron chi connectivity index (χ0n) is 11.3. The molecule has 1 rings (SSSR count). The summed E-state index contributed by atoms with van der Waals surface area (Å²) in [6.45, 7) is 0. The van der Waals surface area contributed by atoms with Crippen molar-refractivity contribution in [2.45, 2.75) is 10.7 Å². The highest BCUT2D eigenvalue weighted by molar-refractivity contribution is 7.99. The summed E-state index contributed by atoms with van der Waals surface area (Å²) < 4.78 is 33.6. The Morgan fingerprint density at radius 2 is 2.00 bits per heavy atom. The van der Waals surface area contributed by atoms with Gasteiger partial charge in [-0.1, -0.05) is 17.8 Å². The quantitative estimate of drug-likeness (QED) is 0.494. The zero-order chi connectivity index (χ0) is 15.8. The molecule has 0 amide bonds. The molecule has 0 aliphatic rings. The molecule has 0 atom stereocenters. The van der Waals surface area contributed by atoms with E-state index >= 15 is 0 Å². The number of carbonyl (C=O) groups is 2. The van der Waals surface area contributed by atoms with Crippen LogP contribution in [0.15, 0.2) is 40.9 Å². The Balaban J connectivity index is 2.96. The number of carbonyl (C=O) groups excluding carboxylic acids is 2. The molecular formula is C13H13F2NO4S. The van der Waals surface area contributed by atoms with Gasteiger partial charge in [0.25, 0.3) is 5.76 Å². The van der Waals surface area contributed by atoms with Crippen LogP contribution in [0.25, 0.3) is 0 Å². The number of thioether (sulfide) groups is 1. The first-order chi connectivity index (χ1) is 9.96. The number of hydrogen-bond acceptors (Lipinski definition) is 6. The molecular weight excluding hydrogens is 304 g/mol. The summed E-state index contributed by atoms with van der Waals surface area (Å²) in [6.07, 6.45) is 0.915. The van der Waals surface area contributed by atoms with Crippen molar-refractivity contribution >= 4 is 29.4 Å². The van der Waals surface area contributed by atoms with Crippen molar-refractivity contribution in [1.82, 2.24) is 0 Å². The molecule has 0 aromatic heterocycles. The third-order valence-electron chi connectivity index (χ3n) is 2.21. The fourth-order valence-electron chi connectivity index (χ4n) is 1.34. The van der Waals surface area contributed by atoms with E-state index in [0.717, 1.165) is 20.3 Å². The molecule has 0 aliphatic carbocycles. The number of methoxy groups -OCH3 is 2. The van der Waals surface area contributed by atoms with E-state index in [1.807, 2.05) is 0 Å². The van der Waals surface area contributed by atoms with Gasteiger partial charge >= 0.3 is 11.9 Å². The maximum atomic E-state index is 12.3. The van der Waals surface area contributed by atoms with Gasteiger partial charge in [-0.2, -0.15) is 8.78 Å². The van der Waals surface area contributed by atoms with E-state index in [0.29, 0.717) is 22.3 Å². The van der Waals surface area contributed by atoms with Gasteiger partial charge in [0.05, 0.1) is 20.3 Å². The smallest absolute Gasteiger partial charge is 0.354 e. The van der Waals surface area contributed by atoms with Crippen molar-refractivity contribution in [2.24, 2.45) is 0 Å². The number of ether oxygens (including phenoxy) is 2. The number of halogens is 2. The maximum Gasteiger partial charge on any atom is 0.354 e. The SMILES string of the molecule is COC(=O)/C=C(/Nc1cccc(SC(F)F)c1)C(=O)OC. The summed E-state index contributed by atoms with van der Waals surface area (Å²) in [7, 11) is 2.31. The molecule has 21 heavy (non-hydrogen) atoms. The summed E-state index contributed by atoms with van der Waals surface area (Å²) in [6, 6.07) is 6.03. The summed E-state index contributed by atoms with van der Waals surface area (Å²) >= 11 is 0.372. The lowest BCUT2D eigenvalue weighted by Crippen LogP contribution is -2.15. The fourth-order valence-corrected chi connectivity index (χ4v) is 1.90.